The summed E-state index contributed by atoms with van der Waals surface area (Å²) in [4.78, 5) is 37.9. The van der Waals surface area contributed by atoms with Crippen molar-refractivity contribution in [2.24, 2.45) is 7.05 Å². The molecule has 0 bridgehead atoms. The number of aromatic nitrogens is 4. The molecular weight excluding hydrogens is 426 g/mol. The molecule has 4 rings (SSSR count). The average Bonchev–Trinajstić information content (AvgIpc) is 3.16. The number of urea groups is 1. The van der Waals surface area contributed by atoms with E-state index in [2.05, 4.69) is 25.6 Å². The van der Waals surface area contributed by atoms with E-state index in [1.54, 1.807) is 36.0 Å². The van der Waals surface area contributed by atoms with E-state index in [1.165, 1.54) is 39.0 Å². The Labute approximate surface area is 188 Å². The number of nitrogens with one attached hydrogen (secondary N) is 2. The van der Waals surface area contributed by atoms with Gasteiger partial charge < -0.3 is 30.4 Å². The number of nitrogens with two attached hydrogens (primary N) is 1. The Kier molecular flexibility index (Phi) is 5.77. The Morgan fingerprint density at radius 2 is 1.88 bits per heavy atom. The van der Waals surface area contributed by atoms with Crippen molar-refractivity contribution in [1.82, 2.24) is 19.5 Å². The van der Waals surface area contributed by atoms with Gasteiger partial charge in [0.1, 0.15) is 29.3 Å². The van der Waals surface area contributed by atoms with Crippen molar-refractivity contribution < 1.29 is 19.1 Å². The van der Waals surface area contributed by atoms with Crippen LogP contribution in [0.3, 0.4) is 0 Å². The summed E-state index contributed by atoms with van der Waals surface area (Å²) >= 11 is 0. The Morgan fingerprint density at radius 3 is 2.64 bits per heavy atom. The summed E-state index contributed by atoms with van der Waals surface area (Å²) in [6, 6.07) is 5.99. The lowest BCUT2D eigenvalue weighted by Crippen LogP contribution is -2.20. The van der Waals surface area contributed by atoms with Crippen LogP contribution in [0.4, 0.5) is 22.0 Å². The van der Waals surface area contributed by atoms with Gasteiger partial charge in [-0.2, -0.15) is 0 Å². The molecule has 0 spiro atoms. The van der Waals surface area contributed by atoms with Crippen molar-refractivity contribution in [2.75, 3.05) is 30.6 Å². The number of ketones is 1. The van der Waals surface area contributed by atoms with Gasteiger partial charge in [-0.3, -0.25) is 9.78 Å². The molecule has 0 aliphatic carbocycles. The monoisotopic (exact) mass is 447 g/mol. The molecule has 0 atom stereocenters. The maximum Gasteiger partial charge on any atom is 0.323 e. The number of fused-ring (bicyclic) bond motifs is 1. The van der Waals surface area contributed by atoms with E-state index in [0.717, 1.165) is 0 Å². The minimum absolute atomic E-state index is 0.207. The summed E-state index contributed by atoms with van der Waals surface area (Å²) in [6.45, 7) is 0. The van der Waals surface area contributed by atoms with Crippen LogP contribution in [0.1, 0.15) is 15.9 Å². The minimum Gasteiger partial charge on any atom is -0.497 e. The zero-order valence-corrected chi connectivity index (χ0v) is 18.1. The highest BCUT2D eigenvalue weighted by Crippen LogP contribution is 2.29. The molecule has 1 aromatic carbocycles. The summed E-state index contributed by atoms with van der Waals surface area (Å²) in [6.07, 6.45) is 5.83. The van der Waals surface area contributed by atoms with E-state index in [0.29, 0.717) is 39.5 Å². The summed E-state index contributed by atoms with van der Waals surface area (Å²) < 4.78 is 12.1. The van der Waals surface area contributed by atoms with Crippen LogP contribution in [0.2, 0.25) is 0 Å². The molecule has 3 heterocycles. The Bertz CT molecular complexity index is 1370. The van der Waals surface area contributed by atoms with Crippen LogP contribution in [-0.4, -0.2) is 45.6 Å². The molecular formula is C22H21N7O4. The number of ether oxygens (including phenoxy) is 2. The number of rotatable bonds is 6. The molecule has 4 N–H and O–H groups in total. The first-order chi connectivity index (χ1) is 15.9. The maximum atomic E-state index is 13.2. The van der Waals surface area contributed by atoms with E-state index in [9.17, 15) is 9.59 Å². The molecule has 0 aliphatic rings. The van der Waals surface area contributed by atoms with Crippen LogP contribution in [0.15, 0.2) is 49.2 Å². The first-order valence-corrected chi connectivity index (χ1v) is 9.76. The number of hydrogen-bond acceptors (Lipinski definition) is 8. The smallest absolute Gasteiger partial charge is 0.323 e. The lowest BCUT2D eigenvalue weighted by molar-refractivity contribution is 0.103. The van der Waals surface area contributed by atoms with Crippen molar-refractivity contribution in [3.63, 3.8) is 0 Å². The number of amides is 2. The van der Waals surface area contributed by atoms with Gasteiger partial charge in [-0.15, -0.1) is 0 Å². The van der Waals surface area contributed by atoms with E-state index in [1.807, 2.05) is 0 Å². The molecule has 0 aliphatic heterocycles. The van der Waals surface area contributed by atoms with E-state index in [4.69, 9.17) is 15.2 Å². The van der Waals surface area contributed by atoms with Crippen LogP contribution in [0, 0.1) is 0 Å². The number of aryl methyl sites for hydroxylation is 1. The second kappa shape index (κ2) is 8.83. The predicted octanol–water partition coefficient (Wildman–Crippen LogP) is 2.84. The number of pyridine rings is 1. The zero-order valence-electron chi connectivity index (χ0n) is 18.1. The number of hydrogen-bond donors (Lipinski definition) is 3. The van der Waals surface area contributed by atoms with E-state index < -0.39 is 6.03 Å². The second-order valence-corrected chi connectivity index (χ2v) is 7.05. The van der Waals surface area contributed by atoms with Gasteiger partial charge in [-0.1, -0.05) is 0 Å². The van der Waals surface area contributed by atoms with E-state index >= 15 is 0 Å². The van der Waals surface area contributed by atoms with Gasteiger partial charge in [-0.05, 0) is 18.2 Å². The fourth-order valence-electron chi connectivity index (χ4n) is 3.38. The molecule has 0 saturated heterocycles. The predicted molar refractivity (Wildman–Crippen MR) is 123 cm³/mol. The fraction of sp³-hybridized carbons (Fsp3) is 0.136. The largest absolute Gasteiger partial charge is 0.497 e. The third-order valence-electron chi connectivity index (χ3n) is 4.94. The summed E-state index contributed by atoms with van der Waals surface area (Å²) in [5, 5.41) is 5.83. The quantitative estimate of drug-likeness (QED) is 0.382. The molecule has 0 saturated carbocycles. The molecule has 0 fully saturated rings. The molecule has 11 heteroatoms. The van der Waals surface area contributed by atoms with Crippen LogP contribution < -0.4 is 25.8 Å². The summed E-state index contributed by atoms with van der Waals surface area (Å²) in [5.41, 5.74) is 7.91. The van der Waals surface area contributed by atoms with Crippen molar-refractivity contribution in [2.45, 2.75) is 0 Å². The lowest BCUT2D eigenvalue weighted by Gasteiger charge is -2.12. The molecule has 11 nitrogen and oxygen atoms in total. The first kappa shape index (κ1) is 21.6. The standard InChI is InChI=1S/C22H21N7O4/c1-29-10-15(18-20(23)25-11-26-21(18)29)19(30)12-6-13(9-24-8-12)27-22(31)28-16-5-4-14(32-2)7-17(16)33-3/h4-11H,1-3H3,(H2,23,25,26)(H2,27,28,31). The number of benzene rings is 1. The zero-order chi connectivity index (χ0) is 23.5. The van der Waals surface area contributed by atoms with Gasteiger partial charge >= 0.3 is 6.03 Å². The van der Waals surface area contributed by atoms with Gasteiger partial charge in [0, 0.05) is 31.1 Å². The highest BCUT2D eigenvalue weighted by atomic mass is 16.5. The number of nitrogens with zero attached hydrogens (tertiary/aromatic N) is 4. The van der Waals surface area contributed by atoms with Gasteiger partial charge in [-0.25, -0.2) is 14.8 Å². The average molecular weight is 447 g/mol. The van der Waals surface area contributed by atoms with E-state index in [-0.39, 0.29) is 17.2 Å². The van der Waals surface area contributed by atoms with Crippen molar-refractivity contribution in [3.05, 3.63) is 60.3 Å². The Balaban J connectivity index is 1.55. The summed E-state index contributed by atoms with van der Waals surface area (Å²) in [7, 11) is 4.79. The molecule has 0 radical (unpaired) electrons. The number of anilines is 3. The molecule has 0 unspecified atom stereocenters. The van der Waals surface area contributed by atoms with Crippen LogP contribution in [0.5, 0.6) is 11.5 Å². The number of nitrogen functional groups attached to an aromatic ring is 1. The SMILES string of the molecule is COc1ccc(NC(=O)Nc2cncc(C(=O)c3cn(C)c4ncnc(N)c34)c2)c(OC)c1. The van der Waals surface area contributed by atoms with Crippen molar-refractivity contribution in [1.29, 1.82) is 0 Å². The maximum absolute atomic E-state index is 13.2. The summed E-state index contributed by atoms with van der Waals surface area (Å²) in [5.74, 6) is 0.907. The molecule has 33 heavy (non-hydrogen) atoms. The Morgan fingerprint density at radius 1 is 1.06 bits per heavy atom. The Hall–Kier alpha value is -4.67. The van der Waals surface area contributed by atoms with Gasteiger partial charge in [0.25, 0.3) is 0 Å². The lowest BCUT2D eigenvalue weighted by atomic mass is 10.1. The number of carbonyl (C=O) groups is 2. The first-order valence-electron chi connectivity index (χ1n) is 9.76. The van der Waals surface area contributed by atoms with Crippen LogP contribution >= 0.6 is 0 Å². The number of carbonyl (C=O) groups excluding carboxylic acids is 2. The third kappa shape index (κ3) is 4.24. The number of methoxy groups -OCH3 is 2. The molecule has 3 aromatic heterocycles. The normalized spacial score (nSPS) is 10.6. The fourth-order valence-corrected chi connectivity index (χ4v) is 3.38. The van der Waals surface area contributed by atoms with Crippen LogP contribution in [-0.2, 0) is 7.05 Å². The minimum atomic E-state index is -0.535. The van der Waals surface area contributed by atoms with Gasteiger partial charge in [0.05, 0.1) is 42.7 Å². The second-order valence-electron chi connectivity index (χ2n) is 7.05. The molecule has 168 valence electrons. The van der Waals surface area contributed by atoms with Gasteiger partial charge in [0.15, 0.2) is 5.78 Å². The van der Waals surface area contributed by atoms with Crippen LogP contribution in [0.25, 0.3) is 11.0 Å². The highest BCUT2D eigenvalue weighted by molar-refractivity contribution is 6.18. The van der Waals surface area contributed by atoms with Crippen molar-refractivity contribution in [3.8, 4) is 11.5 Å². The van der Waals surface area contributed by atoms with Crippen molar-refractivity contribution >= 4 is 40.0 Å². The molecule has 2 amide bonds. The third-order valence-corrected chi connectivity index (χ3v) is 4.94. The molecule has 4 aromatic rings. The highest BCUT2D eigenvalue weighted by Gasteiger charge is 2.20. The topological polar surface area (TPSA) is 146 Å². The van der Waals surface area contributed by atoms with Gasteiger partial charge in [0.2, 0.25) is 0 Å².